The predicted octanol–water partition coefficient (Wildman–Crippen LogP) is 1.50. The fraction of sp³-hybridized carbons (Fsp3) is 1.00. The van der Waals surface area contributed by atoms with Crippen LogP contribution in [-0.2, 0) is 14.2 Å². The summed E-state index contributed by atoms with van der Waals surface area (Å²) in [5, 5.41) is 8.33. The molecule has 0 amide bonds. The van der Waals surface area contributed by atoms with Crippen LogP contribution in [0.25, 0.3) is 0 Å². The van der Waals surface area contributed by atoms with Gasteiger partial charge in [-0.2, -0.15) is 0 Å². The standard InChI is InChI=1S/C11H18Cl2O4/c1-11(2)15-5-6(17-11)3-7(12)9(13)10-8(4-14)16-10/h6-10,14H,3-5H2,1-2H3/t6-,7-,8-,9-,10+/m1/s1. The molecule has 100 valence electrons. The Balaban J connectivity index is 1.76. The summed E-state index contributed by atoms with van der Waals surface area (Å²) >= 11 is 12.4. The summed E-state index contributed by atoms with van der Waals surface area (Å²) in [4.78, 5) is 0. The van der Waals surface area contributed by atoms with E-state index in [0.717, 1.165) is 0 Å². The van der Waals surface area contributed by atoms with E-state index < -0.39 is 5.79 Å². The van der Waals surface area contributed by atoms with Crippen molar-refractivity contribution in [2.45, 2.75) is 55.1 Å². The first-order valence-electron chi connectivity index (χ1n) is 5.79. The molecule has 2 aliphatic rings. The van der Waals surface area contributed by atoms with Crippen LogP contribution in [-0.4, -0.2) is 53.2 Å². The van der Waals surface area contributed by atoms with Crippen LogP contribution in [0.3, 0.4) is 0 Å². The zero-order valence-electron chi connectivity index (χ0n) is 9.94. The molecule has 0 aliphatic carbocycles. The lowest BCUT2D eigenvalue weighted by atomic mass is 10.1. The van der Waals surface area contributed by atoms with E-state index in [-0.39, 0.29) is 35.7 Å². The minimum absolute atomic E-state index is 0.00638. The molecule has 0 saturated carbocycles. The van der Waals surface area contributed by atoms with Crippen LogP contribution in [0.5, 0.6) is 0 Å². The lowest BCUT2D eigenvalue weighted by Gasteiger charge is -2.20. The average Bonchev–Trinajstić information content (AvgIpc) is 2.97. The smallest absolute Gasteiger partial charge is 0.163 e. The lowest BCUT2D eigenvalue weighted by molar-refractivity contribution is -0.138. The molecule has 0 bridgehead atoms. The fourth-order valence-electron chi connectivity index (χ4n) is 2.05. The van der Waals surface area contributed by atoms with Crippen molar-refractivity contribution in [3.8, 4) is 0 Å². The first-order chi connectivity index (χ1) is 7.93. The molecule has 0 aromatic carbocycles. The molecule has 17 heavy (non-hydrogen) atoms. The maximum absolute atomic E-state index is 8.89. The van der Waals surface area contributed by atoms with Gasteiger partial charge in [0, 0.05) is 0 Å². The predicted molar refractivity (Wildman–Crippen MR) is 64.5 cm³/mol. The SMILES string of the molecule is CC1(C)OC[C@@H](C[C@@H](Cl)[C@@H](Cl)[C@H]2O[C@@H]2CO)O1. The van der Waals surface area contributed by atoms with Crippen LogP contribution in [0, 0.1) is 0 Å². The molecule has 2 rings (SSSR count). The number of epoxide rings is 1. The topological polar surface area (TPSA) is 51.2 Å². The highest BCUT2D eigenvalue weighted by Gasteiger charge is 2.47. The molecule has 2 heterocycles. The molecule has 0 unspecified atom stereocenters. The van der Waals surface area contributed by atoms with E-state index in [1.807, 2.05) is 13.8 Å². The molecule has 4 nitrogen and oxygen atoms in total. The molecule has 0 radical (unpaired) electrons. The first-order valence-corrected chi connectivity index (χ1v) is 6.66. The van der Waals surface area contributed by atoms with Gasteiger partial charge in [0.05, 0.1) is 30.1 Å². The molecule has 0 aromatic heterocycles. The van der Waals surface area contributed by atoms with Crippen LogP contribution in [0.4, 0.5) is 0 Å². The van der Waals surface area contributed by atoms with Gasteiger partial charge in [0.15, 0.2) is 5.79 Å². The second-order valence-corrected chi connectivity index (χ2v) is 6.03. The number of halogens is 2. The third kappa shape index (κ3) is 3.46. The largest absolute Gasteiger partial charge is 0.394 e. The van der Waals surface area contributed by atoms with E-state index in [0.29, 0.717) is 13.0 Å². The van der Waals surface area contributed by atoms with Crippen LogP contribution >= 0.6 is 23.2 Å². The third-order valence-corrected chi connectivity index (χ3v) is 4.15. The van der Waals surface area contributed by atoms with E-state index in [9.17, 15) is 0 Å². The monoisotopic (exact) mass is 284 g/mol. The van der Waals surface area contributed by atoms with Gasteiger partial charge in [-0.1, -0.05) is 0 Å². The molecular formula is C11H18Cl2O4. The molecule has 2 aliphatic heterocycles. The number of hydrogen-bond acceptors (Lipinski definition) is 4. The highest BCUT2D eigenvalue weighted by molar-refractivity contribution is 6.30. The summed E-state index contributed by atoms with van der Waals surface area (Å²) in [6, 6.07) is 0. The van der Waals surface area contributed by atoms with Gasteiger partial charge in [0.25, 0.3) is 0 Å². The van der Waals surface area contributed by atoms with Crippen LogP contribution < -0.4 is 0 Å². The van der Waals surface area contributed by atoms with Gasteiger partial charge < -0.3 is 19.3 Å². The quantitative estimate of drug-likeness (QED) is 0.614. The molecule has 0 spiro atoms. The normalized spacial score (nSPS) is 39.0. The highest BCUT2D eigenvalue weighted by Crippen LogP contribution is 2.35. The van der Waals surface area contributed by atoms with Crippen molar-refractivity contribution < 1.29 is 19.3 Å². The molecule has 2 fully saturated rings. The number of aliphatic hydroxyl groups excluding tert-OH is 1. The molecule has 6 heteroatoms. The molecular weight excluding hydrogens is 267 g/mol. The van der Waals surface area contributed by atoms with Gasteiger partial charge in [-0.15, -0.1) is 23.2 Å². The summed E-state index contributed by atoms with van der Waals surface area (Å²) in [5.74, 6) is -0.535. The second kappa shape index (κ2) is 5.19. The maximum atomic E-state index is 8.89. The van der Waals surface area contributed by atoms with Crippen molar-refractivity contribution >= 4 is 23.2 Å². The van der Waals surface area contributed by atoms with Gasteiger partial charge in [0.1, 0.15) is 12.2 Å². The zero-order valence-corrected chi connectivity index (χ0v) is 11.4. The number of alkyl halides is 2. The Morgan fingerprint density at radius 1 is 1.41 bits per heavy atom. The van der Waals surface area contributed by atoms with Crippen molar-refractivity contribution in [3.05, 3.63) is 0 Å². The fourth-order valence-corrected chi connectivity index (χ4v) is 2.72. The van der Waals surface area contributed by atoms with Gasteiger partial charge in [-0.25, -0.2) is 0 Å². The van der Waals surface area contributed by atoms with Crippen LogP contribution in [0.1, 0.15) is 20.3 Å². The highest BCUT2D eigenvalue weighted by atomic mass is 35.5. The minimum Gasteiger partial charge on any atom is -0.394 e. The van der Waals surface area contributed by atoms with E-state index >= 15 is 0 Å². The summed E-state index contributed by atoms with van der Waals surface area (Å²) in [7, 11) is 0. The Hall–Kier alpha value is 0.420. The summed E-state index contributed by atoms with van der Waals surface area (Å²) in [6.07, 6.45) is 0.299. The maximum Gasteiger partial charge on any atom is 0.163 e. The summed E-state index contributed by atoms with van der Waals surface area (Å²) in [5.41, 5.74) is 0. The van der Waals surface area contributed by atoms with Crippen LogP contribution in [0.15, 0.2) is 0 Å². The van der Waals surface area contributed by atoms with Gasteiger partial charge in [-0.05, 0) is 20.3 Å². The zero-order chi connectivity index (χ0) is 12.6. The molecule has 2 saturated heterocycles. The van der Waals surface area contributed by atoms with Gasteiger partial charge >= 0.3 is 0 Å². The van der Waals surface area contributed by atoms with E-state index in [1.165, 1.54) is 0 Å². The molecule has 0 aromatic rings. The number of aliphatic hydroxyl groups is 1. The first kappa shape index (κ1) is 13.8. The van der Waals surface area contributed by atoms with E-state index in [1.54, 1.807) is 0 Å². The van der Waals surface area contributed by atoms with Crippen molar-refractivity contribution in [1.82, 2.24) is 0 Å². The molecule has 1 N–H and O–H groups in total. The second-order valence-electron chi connectivity index (χ2n) is 4.97. The Morgan fingerprint density at radius 3 is 2.59 bits per heavy atom. The Kier molecular flexibility index (Phi) is 4.23. The van der Waals surface area contributed by atoms with Crippen molar-refractivity contribution in [2.24, 2.45) is 0 Å². The number of rotatable bonds is 5. The Labute approximate surface area is 111 Å². The van der Waals surface area contributed by atoms with E-state index in [2.05, 4.69) is 0 Å². The molecule has 5 atom stereocenters. The van der Waals surface area contributed by atoms with E-state index in [4.69, 9.17) is 42.5 Å². The lowest BCUT2D eigenvalue weighted by Crippen LogP contribution is -2.29. The summed E-state index contributed by atoms with van der Waals surface area (Å²) in [6.45, 7) is 4.28. The average molecular weight is 285 g/mol. The van der Waals surface area contributed by atoms with Gasteiger partial charge in [-0.3, -0.25) is 0 Å². The van der Waals surface area contributed by atoms with Crippen molar-refractivity contribution in [2.75, 3.05) is 13.2 Å². The number of hydrogen-bond donors (Lipinski definition) is 1. The van der Waals surface area contributed by atoms with Gasteiger partial charge in [0.2, 0.25) is 0 Å². The van der Waals surface area contributed by atoms with Crippen LogP contribution in [0.2, 0.25) is 0 Å². The van der Waals surface area contributed by atoms with Crippen molar-refractivity contribution in [3.63, 3.8) is 0 Å². The summed E-state index contributed by atoms with van der Waals surface area (Å²) < 4.78 is 16.3. The Bertz CT molecular complexity index is 274. The number of ether oxygens (including phenoxy) is 3. The minimum atomic E-state index is -0.535. The van der Waals surface area contributed by atoms with Crippen molar-refractivity contribution in [1.29, 1.82) is 0 Å². The third-order valence-electron chi connectivity index (χ3n) is 3.02. The Morgan fingerprint density at radius 2 is 2.12 bits per heavy atom.